The quantitative estimate of drug-likeness (QED) is 0.480. The number of nitrogens with one attached hydrogen (secondary N) is 1. The van der Waals surface area contributed by atoms with E-state index in [1.54, 1.807) is 18.2 Å². The molecule has 0 saturated heterocycles. The Bertz CT molecular complexity index is 1210. The molecular formula is C23H17FN4O3. The molecule has 154 valence electrons. The number of anilines is 1. The third-order valence-electron chi connectivity index (χ3n) is 4.39. The van der Waals surface area contributed by atoms with E-state index >= 15 is 0 Å². The van der Waals surface area contributed by atoms with Crippen LogP contribution in [-0.4, -0.2) is 26.9 Å². The van der Waals surface area contributed by atoms with Crippen LogP contribution in [0.2, 0.25) is 0 Å². The van der Waals surface area contributed by atoms with Gasteiger partial charge in [0, 0.05) is 5.69 Å². The van der Waals surface area contributed by atoms with Gasteiger partial charge < -0.3 is 10.1 Å². The van der Waals surface area contributed by atoms with Gasteiger partial charge in [0.2, 0.25) is 0 Å². The van der Waals surface area contributed by atoms with Crippen LogP contribution in [0, 0.1) is 5.82 Å². The third kappa shape index (κ3) is 4.99. The van der Waals surface area contributed by atoms with Crippen LogP contribution in [0.15, 0.2) is 85.1 Å². The van der Waals surface area contributed by atoms with Crippen molar-refractivity contribution in [3.63, 3.8) is 0 Å². The summed E-state index contributed by atoms with van der Waals surface area (Å²) in [5.74, 6) is -1.37. The molecule has 0 aliphatic rings. The molecule has 3 aromatic carbocycles. The Hall–Kier alpha value is -4.33. The van der Waals surface area contributed by atoms with Crippen molar-refractivity contribution in [3.05, 3.63) is 108 Å². The molecule has 0 saturated carbocycles. The van der Waals surface area contributed by atoms with Crippen molar-refractivity contribution >= 4 is 17.6 Å². The average Bonchev–Trinajstić information content (AvgIpc) is 3.29. The molecule has 0 atom stereocenters. The predicted molar refractivity (Wildman–Crippen MR) is 111 cm³/mol. The second-order valence-corrected chi connectivity index (χ2v) is 6.62. The Labute approximate surface area is 177 Å². The van der Waals surface area contributed by atoms with Gasteiger partial charge in [-0.2, -0.15) is 0 Å². The standard InChI is InChI=1S/C23H17FN4O3/c24-18-9-11-20(12-10-18)28-14-21(26-27-28)22(29)25-19-8-4-7-17(13-19)23(30)31-15-16-5-2-1-3-6-16/h1-14H,15H2,(H,25,29). The summed E-state index contributed by atoms with van der Waals surface area (Å²) in [7, 11) is 0. The Morgan fingerprint density at radius 2 is 1.74 bits per heavy atom. The molecule has 31 heavy (non-hydrogen) atoms. The highest BCUT2D eigenvalue weighted by Gasteiger charge is 2.14. The van der Waals surface area contributed by atoms with Crippen molar-refractivity contribution < 1.29 is 18.7 Å². The molecular weight excluding hydrogens is 399 g/mol. The third-order valence-corrected chi connectivity index (χ3v) is 4.39. The van der Waals surface area contributed by atoms with Gasteiger partial charge in [0.15, 0.2) is 5.69 Å². The van der Waals surface area contributed by atoms with Crippen LogP contribution in [0.3, 0.4) is 0 Å². The van der Waals surface area contributed by atoms with Crippen LogP contribution >= 0.6 is 0 Å². The molecule has 0 bridgehead atoms. The molecule has 0 spiro atoms. The van der Waals surface area contributed by atoms with Gasteiger partial charge in [0.25, 0.3) is 5.91 Å². The van der Waals surface area contributed by atoms with E-state index in [1.807, 2.05) is 30.3 Å². The van der Waals surface area contributed by atoms with Crippen molar-refractivity contribution in [1.29, 1.82) is 0 Å². The number of halogens is 1. The van der Waals surface area contributed by atoms with E-state index in [2.05, 4.69) is 15.6 Å². The molecule has 1 amide bonds. The first-order valence-electron chi connectivity index (χ1n) is 9.39. The number of esters is 1. The van der Waals surface area contributed by atoms with E-state index in [-0.39, 0.29) is 18.1 Å². The van der Waals surface area contributed by atoms with E-state index in [1.165, 1.54) is 41.2 Å². The van der Waals surface area contributed by atoms with E-state index in [9.17, 15) is 14.0 Å². The number of carbonyl (C=O) groups excluding carboxylic acids is 2. The number of nitrogens with zero attached hydrogens (tertiary/aromatic N) is 3. The monoisotopic (exact) mass is 416 g/mol. The lowest BCUT2D eigenvalue weighted by atomic mass is 10.2. The highest BCUT2D eigenvalue weighted by atomic mass is 19.1. The number of carbonyl (C=O) groups is 2. The fraction of sp³-hybridized carbons (Fsp3) is 0.0435. The zero-order chi connectivity index (χ0) is 21.6. The lowest BCUT2D eigenvalue weighted by Crippen LogP contribution is -2.13. The molecule has 0 aliphatic carbocycles. The maximum atomic E-state index is 13.1. The van der Waals surface area contributed by atoms with Gasteiger partial charge in [-0.25, -0.2) is 13.9 Å². The maximum Gasteiger partial charge on any atom is 0.338 e. The van der Waals surface area contributed by atoms with Crippen LogP contribution in [0.25, 0.3) is 5.69 Å². The normalized spacial score (nSPS) is 10.5. The number of aromatic nitrogens is 3. The summed E-state index contributed by atoms with van der Waals surface area (Å²) < 4.78 is 19.7. The van der Waals surface area contributed by atoms with Crippen molar-refractivity contribution in [1.82, 2.24) is 15.0 Å². The second kappa shape index (κ2) is 9.00. The van der Waals surface area contributed by atoms with Crippen molar-refractivity contribution in [2.24, 2.45) is 0 Å². The summed E-state index contributed by atoms with van der Waals surface area (Å²) in [4.78, 5) is 24.8. The number of rotatable bonds is 6. The highest BCUT2D eigenvalue weighted by Crippen LogP contribution is 2.15. The van der Waals surface area contributed by atoms with Crippen LogP contribution in [0.5, 0.6) is 0 Å². The Kier molecular flexibility index (Phi) is 5.79. The van der Waals surface area contributed by atoms with Crippen LogP contribution in [0.4, 0.5) is 10.1 Å². The molecule has 0 unspecified atom stereocenters. The fourth-order valence-electron chi connectivity index (χ4n) is 2.81. The van der Waals surface area contributed by atoms with Gasteiger partial charge in [-0.3, -0.25) is 4.79 Å². The van der Waals surface area contributed by atoms with Gasteiger partial charge in [-0.15, -0.1) is 5.10 Å². The summed E-state index contributed by atoms with van der Waals surface area (Å²) >= 11 is 0. The number of benzene rings is 3. The van der Waals surface area contributed by atoms with Crippen molar-refractivity contribution in [2.75, 3.05) is 5.32 Å². The van der Waals surface area contributed by atoms with E-state index in [4.69, 9.17) is 4.74 Å². The Morgan fingerprint density at radius 3 is 2.52 bits per heavy atom. The molecule has 7 nitrogen and oxygen atoms in total. The van der Waals surface area contributed by atoms with E-state index in [0.29, 0.717) is 16.9 Å². The predicted octanol–water partition coefficient (Wildman–Crippen LogP) is 4.02. The first-order valence-corrected chi connectivity index (χ1v) is 9.39. The average molecular weight is 416 g/mol. The summed E-state index contributed by atoms with van der Waals surface area (Å²) in [6.07, 6.45) is 1.43. The largest absolute Gasteiger partial charge is 0.457 e. The minimum Gasteiger partial charge on any atom is -0.457 e. The minimum absolute atomic E-state index is 0.0707. The molecule has 0 fully saturated rings. The van der Waals surface area contributed by atoms with Gasteiger partial charge in [0.05, 0.1) is 17.4 Å². The lowest BCUT2D eigenvalue weighted by Gasteiger charge is -2.07. The maximum absolute atomic E-state index is 13.1. The molecule has 4 aromatic rings. The van der Waals surface area contributed by atoms with E-state index in [0.717, 1.165) is 5.56 Å². The Balaban J connectivity index is 1.41. The number of hydrogen-bond acceptors (Lipinski definition) is 5. The van der Waals surface area contributed by atoms with Gasteiger partial charge in [0.1, 0.15) is 12.4 Å². The second-order valence-electron chi connectivity index (χ2n) is 6.62. The number of hydrogen-bond donors (Lipinski definition) is 1. The summed E-state index contributed by atoms with van der Waals surface area (Å²) in [6.45, 7) is 0.156. The van der Waals surface area contributed by atoms with Crippen molar-refractivity contribution in [2.45, 2.75) is 6.61 Å². The van der Waals surface area contributed by atoms with Gasteiger partial charge in [-0.1, -0.05) is 41.6 Å². The van der Waals surface area contributed by atoms with Crippen LogP contribution in [-0.2, 0) is 11.3 Å². The zero-order valence-electron chi connectivity index (χ0n) is 16.2. The number of ether oxygens (including phenoxy) is 1. The highest BCUT2D eigenvalue weighted by molar-refractivity contribution is 6.03. The van der Waals surface area contributed by atoms with Crippen LogP contribution in [0.1, 0.15) is 26.4 Å². The number of amides is 1. The molecule has 0 radical (unpaired) electrons. The summed E-state index contributed by atoms with van der Waals surface area (Å²) in [6, 6.07) is 21.4. The summed E-state index contributed by atoms with van der Waals surface area (Å²) in [5.41, 5.74) is 2.24. The SMILES string of the molecule is O=C(OCc1ccccc1)c1cccc(NC(=O)c2cn(-c3ccc(F)cc3)nn2)c1. The molecule has 0 aliphatic heterocycles. The topological polar surface area (TPSA) is 86.1 Å². The summed E-state index contributed by atoms with van der Waals surface area (Å²) in [5, 5.41) is 10.4. The fourth-order valence-corrected chi connectivity index (χ4v) is 2.81. The van der Waals surface area contributed by atoms with Gasteiger partial charge >= 0.3 is 5.97 Å². The smallest absolute Gasteiger partial charge is 0.338 e. The lowest BCUT2D eigenvalue weighted by molar-refractivity contribution is 0.0472. The first-order chi connectivity index (χ1) is 15.1. The van der Waals surface area contributed by atoms with Crippen molar-refractivity contribution in [3.8, 4) is 5.69 Å². The minimum atomic E-state index is -0.498. The van der Waals surface area contributed by atoms with Gasteiger partial charge in [-0.05, 0) is 48.0 Å². The Morgan fingerprint density at radius 1 is 0.968 bits per heavy atom. The molecule has 1 heterocycles. The molecule has 4 rings (SSSR count). The first kappa shape index (κ1) is 20.0. The van der Waals surface area contributed by atoms with Crippen LogP contribution < -0.4 is 5.32 Å². The molecule has 1 N–H and O–H groups in total. The molecule has 8 heteroatoms. The zero-order valence-corrected chi connectivity index (χ0v) is 16.2. The van der Waals surface area contributed by atoms with E-state index < -0.39 is 11.9 Å². The molecule has 1 aromatic heterocycles.